The number of aryl methyl sites for hydroxylation is 2. The van der Waals surface area contributed by atoms with Gasteiger partial charge in [-0.25, -0.2) is 0 Å². The molecule has 0 aliphatic heterocycles. The average Bonchev–Trinajstić information content (AvgIpc) is 2.86. The summed E-state index contributed by atoms with van der Waals surface area (Å²) in [6.07, 6.45) is 1.90. The fourth-order valence-electron chi connectivity index (χ4n) is 2.60. The minimum absolute atomic E-state index is 0.0948. The first kappa shape index (κ1) is 14.9. The Labute approximate surface area is 138 Å². The molecule has 0 spiro atoms. The van der Waals surface area contributed by atoms with Crippen molar-refractivity contribution in [3.8, 4) is 0 Å². The van der Waals surface area contributed by atoms with Gasteiger partial charge >= 0.3 is 0 Å². The molecular formula is C18H17BrN2O. The van der Waals surface area contributed by atoms with E-state index in [1.165, 1.54) is 0 Å². The highest BCUT2D eigenvalue weighted by Gasteiger charge is 2.13. The lowest BCUT2D eigenvalue weighted by Crippen LogP contribution is -2.13. The number of rotatable bonds is 4. The first-order valence-corrected chi connectivity index (χ1v) is 7.93. The number of fused-ring (bicyclic) bond motifs is 1. The number of halogens is 1. The lowest BCUT2D eigenvalue weighted by molar-refractivity contribution is 0.101. The van der Waals surface area contributed by atoms with Crippen molar-refractivity contribution in [2.45, 2.75) is 6.92 Å². The van der Waals surface area contributed by atoms with Gasteiger partial charge in [-0.3, -0.25) is 4.79 Å². The van der Waals surface area contributed by atoms with Crippen LogP contribution in [0.2, 0.25) is 0 Å². The number of ketones is 1. The zero-order valence-corrected chi connectivity index (χ0v) is 14.1. The highest BCUT2D eigenvalue weighted by Crippen LogP contribution is 2.22. The summed E-state index contributed by atoms with van der Waals surface area (Å²) in [5.41, 5.74) is 3.93. The van der Waals surface area contributed by atoms with Gasteiger partial charge in [-0.15, -0.1) is 0 Å². The van der Waals surface area contributed by atoms with Crippen molar-refractivity contribution in [2.24, 2.45) is 7.05 Å². The minimum atomic E-state index is 0.0948. The molecule has 0 saturated heterocycles. The van der Waals surface area contributed by atoms with E-state index in [-0.39, 0.29) is 12.3 Å². The van der Waals surface area contributed by atoms with E-state index < -0.39 is 0 Å². The molecular weight excluding hydrogens is 340 g/mol. The highest BCUT2D eigenvalue weighted by molar-refractivity contribution is 9.10. The number of para-hydroxylation sites is 1. The van der Waals surface area contributed by atoms with E-state index >= 15 is 0 Å². The van der Waals surface area contributed by atoms with Gasteiger partial charge < -0.3 is 9.88 Å². The number of carbonyl (C=O) groups excluding carboxylic acids is 1. The molecule has 1 heterocycles. The normalized spacial score (nSPS) is 10.9. The van der Waals surface area contributed by atoms with Crippen molar-refractivity contribution >= 4 is 38.3 Å². The summed E-state index contributed by atoms with van der Waals surface area (Å²) in [6.45, 7) is 2.32. The van der Waals surface area contributed by atoms with Crippen LogP contribution in [0, 0.1) is 6.92 Å². The molecule has 0 aliphatic carbocycles. The van der Waals surface area contributed by atoms with Gasteiger partial charge in [0.05, 0.1) is 6.54 Å². The van der Waals surface area contributed by atoms with Crippen LogP contribution in [-0.4, -0.2) is 16.9 Å². The molecule has 1 aromatic heterocycles. The Hall–Kier alpha value is -2.07. The van der Waals surface area contributed by atoms with Crippen LogP contribution in [0.4, 0.5) is 5.69 Å². The molecule has 0 aliphatic rings. The van der Waals surface area contributed by atoms with E-state index in [1.807, 2.05) is 67.2 Å². The number of benzene rings is 2. The quantitative estimate of drug-likeness (QED) is 0.696. The van der Waals surface area contributed by atoms with Gasteiger partial charge in [0, 0.05) is 39.9 Å². The molecule has 0 radical (unpaired) electrons. The molecule has 3 rings (SSSR count). The fourth-order valence-corrected chi connectivity index (χ4v) is 2.84. The van der Waals surface area contributed by atoms with Crippen LogP contribution in [0.5, 0.6) is 0 Å². The standard InChI is InChI=1S/C18H17BrN2O/c1-12-9-13(7-8-16(12)19)20-10-18(22)15-11-21(2)17-6-4-3-5-14(15)17/h3-9,11,20H,10H2,1-2H3. The number of hydrogen-bond acceptors (Lipinski definition) is 2. The molecule has 2 aromatic carbocycles. The Bertz CT molecular complexity index is 851. The molecule has 0 bridgehead atoms. The number of hydrogen-bond donors (Lipinski definition) is 1. The van der Waals surface area contributed by atoms with Crippen molar-refractivity contribution in [1.82, 2.24) is 4.57 Å². The van der Waals surface area contributed by atoms with Crippen molar-refractivity contribution in [3.05, 3.63) is 64.3 Å². The monoisotopic (exact) mass is 356 g/mol. The number of carbonyl (C=O) groups is 1. The second-order valence-electron chi connectivity index (χ2n) is 5.41. The first-order chi connectivity index (χ1) is 10.6. The third-order valence-electron chi connectivity index (χ3n) is 3.81. The lowest BCUT2D eigenvalue weighted by Gasteiger charge is -2.07. The summed E-state index contributed by atoms with van der Waals surface area (Å²) in [4.78, 5) is 12.5. The third kappa shape index (κ3) is 2.79. The molecule has 0 fully saturated rings. The second kappa shape index (κ2) is 5.97. The van der Waals surface area contributed by atoms with Crippen LogP contribution in [-0.2, 0) is 7.05 Å². The van der Waals surface area contributed by atoms with Crippen LogP contribution >= 0.6 is 15.9 Å². The summed E-state index contributed by atoms with van der Waals surface area (Å²) < 4.78 is 3.06. The summed E-state index contributed by atoms with van der Waals surface area (Å²) in [5.74, 6) is 0.0948. The van der Waals surface area contributed by atoms with Gasteiger partial charge in [0.2, 0.25) is 0 Å². The molecule has 3 nitrogen and oxygen atoms in total. The van der Waals surface area contributed by atoms with Gasteiger partial charge in [0.1, 0.15) is 0 Å². The fraction of sp³-hybridized carbons (Fsp3) is 0.167. The average molecular weight is 357 g/mol. The SMILES string of the molecule is Cc1cc(NCC(=O)c2cn(C)c3ccccc23)ccc1Br. The number of aromatic nitrogens is 1. The summed E-state index contributed by atoms with van der Waals surface area (Å²) in [6, 6.07) is 13.9. The molecule has 3 aromatic rings. The zero-order chi connectivity index (χ0) is 15.7. The molecule has 4 heteroatoms. The molecule has 1 N–H and O–H groups in total. The van der Waals surface area contributed by atoms with Crippen LogP contribution in [0.15, 0.2) is 53.1 Å². The zero-order valence-electron chi connectivity index (χ0n) is 12.6. The Morgan fingerprint density at radius 1 is 1.23 bits per heavy atom. The molecule has 112 valence electrons. The minimum Gasteiger partial charge on any atom is -0.378 e. The van der Waals surface area contributed by atoms with Gasteiger partial charge in [-0.1, -0.05) is 34.1 Å². The number of Topliss-reactive ketones (excluding diaryl/α,β-unsaturated/α-hetero) is 1. The topological polar surface area (TPSA) is 34.0 Å². The third-order valence-corrected chi connectivity index (χ3v) is 4.70. The maximum atomic E-state index is 12.5. The molecule has 0 saturated carbocycles. The van der Waals surface area contributed by atoms with E-state index in [0.717, 1.165) is 32.2 Å². The maximum absolute atomic E-state index is 12.5. The summed E-state index contributed by atoms with van der Waals surface area (Å²) in [5, 5.41) is 4.21. The Kier molecular flexibility index (Phi) is 4.03. The highest BCUT2D eigenvalue weighted by atomic mass is 79.9. The van der Waals surface area contributed by atoms with Crippen LogP contribution < -0.4 is 5.32 Å². The lowest BCUT2D eigenvalue weighted by atomic mass is 10.1. The van der Waals surface area contributed by atoms with Crippen molar-refractivity contribution in [3.63, 3.8) is 0 Å². The van der Waals surface area contributed by atoms with Crippen LogP contribution in [0.25, 0.3) is 10.9 Å². The molecule has 0 amide bonds. The molecule has 0 unspecified atom stereocenters. The maximum Gasteiger partial charge on any atom is 0.184 e. The predicted octanol–water partition coefficient (Wildman–Crippen LogP) is 4.54. The van der Waals surface area contributed by atoms with Gasteiger partial charge in [-0.2, -0.15) is 0 Å². The smallest absolute Gasteiger partial charge is 0.184 e. The first-order valence-electron chi connectivity index (χ1n) is 7.13. The van der Waals surface area contributed by atoms with E-state index in [9.17, 15) is 4.79 Å². The number of anilines is 1. The van der Waals surface area contributed by atoms with Gasteiger partial charge in [0.15, 0.2) is 5.78 Å². The summed E-state index contributed by atoms with van der Waals surface area (Å²) in [7, 11) is 1.96. The molecule has 0 atom stereocenters. The largest absolute Gasteiger partial charge is 0.378 e. The van der Waals surface area contributed by atoms with E-state index in [0.29, 0.717) is 0 Å². The molecule has 22 heavy (non-hydrogen) atoms. The Morgan fingerprint density at radius 2 is 2.00 bits per heavy atom. The predicted molar refractivity (Wildman–Crippen MR) is 94.6 cm³/mol. The number of nitrogens with one attached hydrogen (secondary N) is 1. The Balaban J connectivity index is 1.80. The Morgan fingerprint density at radius 3 is 2.77 bits per heavy atom. The second-order valence-corrected chi connectivity index (χ2v) is 6.27. The van der Waals surface area contributed by atoms with Gasteiger partial charge in [0.25, 0.3) is 0 Å². The van der Waals surface area contributed by atoms with Gasteiger partial charge in [-0.05, 0) is 36.8 Å². The summed E-state index contributed by atoms with van der Waals surface area (Å²) >= 11 is 3.48. The van der Waals surface area contributed by atoms with E-state index in [4.69, 9.17) is 0 Å². The van der Waals surface area contributed by atoms with Crippen LogP contribution in [0.1, 0.15) is 15.9 Å². The van der Waals surface area contributed by atoms with Crippen molar-refractivity contribution in [1.29, 1.82) is 0 Å². The van der Waals surface area contributed by atoms with E-state index in [1.54, 1.807) is 0 Å². The van der Waals surface area contributed by atoms with E-state index in [2.05, 4.69) is 21.2 Å². The van der Waals surface area contributed by atoms with Crippen molar-refractivity contribution < 1.29 is 4.79 Å². The number of nitrogens with zero attached hydrogens (tertiary/aromatic N) is 1. The van der Waals surface area contributed by atoms with Crippen LogP contribution in [0.3, 0.4) is 0 Å². The van der Waals surface area contributed by atoms with Crippen molar-refractivity contribution in [2.75, 3.05) is 11.9 Å².